The van der Waals surface area contributed by atoms with Crippen LogP contribution in [0.3, 0.4) is 0 Å². The SMILES string of the molecule is O=S(=O)(c1ccc(NCc2nc(Cc3ccccc3)no2)cc1)N1CCCCCC1. The van der Waals surface area contributed by atoms with Gasteiger partial charge in [0.1, 0.15) is 0 Å². The fraction of sp³-hybridized carbons (Fsp3) is 0.364. The summed E-state index contributed by atoms with van der Waals surface area (Å²) < 4.78 is 32.6. The Kier molecular flexibility index (Phi) is 6.44. The van der Waals surface area contributed by atoms with Crippen molar-refractivity contribution < 1.29 is 12.9 Å². The molecule has 30 heavy (non-hydrogen) atoms. The van der Waals surface area contributed by atoms with Gasteiger partial charge in [0.2, 0.25) is 15.9 Å². The van der Waals surface area contributed by atoms with E-state index >= 15 is 0 Å². The van der Waals surface area contributed by atoms with Gasteiger partial charge in [-0.1, -0.05) is 48.3 Å². The molecule has 0 saturated carbocycles. The van der Waals surface area contributed by atoms with Crippen molar-refractivity contribution in [2.45, 2.75) is 43.5 Å². The lowest BCUT2D eigenvalue weighted by Gasteiger charge is -2.20. The van der Waals surface area contributed by atoms with Gasteiger partial charge in [-0.3, -0.25) is 0 Å². The number of hydrogen-bond acceptors (Lipinski definition) is 6. The van der Waals surface area contributed by atoms with Gasteiger partial charge in [-0.25, -0.2) is 8.42 Å². The quantitative estimate of drug-likeness (QED) is 0.618. The van der Waals surface area contributed by atoms with E-state index in [1.165, 1.54) is 0 Å². The van der Waals surface area contributed by atoms with Gasteiger partial charge < -0.3 is 9.84 Å². The maximum Gasteiger partial charge on any atom is 0.245 e. The molecule has 2 heterocycles. The Morgan fingerprint density at radius 2 is 1.63 bits per heavy atom. The molecule has 1 aliphatic heterocycles. The normalized spacial score (nSPS) is 15.6. The first-order valence-corrected chi connectivity index (χ1v) is 11.7. The molecule has 0 atom stereocenters. The van der Waals surface area contributed by atoms with E-state index < -0.39 is 10.0 Å². The molecule has 7 nitrogen and oxygen atoms in total. The third kappa shape index (κ3) is 5.06. The molecule has 3 aromatic rings. The highest BCUT2D eigenvalue weighted by Gasteiger charge is 2.24. The van der Waals surface area contributed by atoms with E-state index in [0.29, 0.717) is 42.7 Å². The predicted molar refractivity (Wildman–Crippen MR) is 115 cm³/mol. The van der Waals surface area contributed by atoms with Gasteiger partial charge in [-0.15, -0.1) is 0 Å². The van der Waals surface area contributed by atoms with Gasteiger partial charge in [0.25, 0.3) is 0 Å². The van der Waals surface area contributed by atoms with Crippen LogP contribution >= 0.6 is 0 Å². The van der Waals surface area contributed by atoms with E-state index in [4.69, 9.17) is 4.52 Å². The van der Waals surface area contributed by atoms with Crippen molar-refractivity contribution in [3.05, 3.63) is 71.9 Å². The highest BCUT2D eigenvalue weighted by atomic mass is 32.2. The van der Waals surface area contributed by atoms with Crippen molar-refractivity contribution in [2.24, 2.45) is 0 Å². The number of benzene rings is 2. The van der Waals surface area contributed by atoms with E-state index in [1.807, 2.05) is 30.3 Å². The van der Waals surface area contributed by atoms with E-state index in [9.17, 15) is 8.42 Å². The number of sulfonamides is 1. The van der Waals surface area contributed by atoms with Gasteiger partial charge >= 0.3 is 0 Å². The van der Waals surface area contributed by atoms with Crippen molar-refractivity contribution in [3.63, 3.8) is 0 Å². The molecule has 1 aliphatic rings. The van der Waals surface area contributed by atoms with Gasteiger partial charge in [0, 0.05) is 25.2 Å². The molecule has 0 radical (unpaired) electrons. The highest BCUT2D eigenvalue weighted by Crippen LogP contribution is 2.22. The largest absolute Gasteiger partial charge is 0.376 e. The molecule has 0 bridgehead atoms. The summed E-state index contributed by atoms with van der Waals surface area (Å²) in [7, 11) is -3.43. The van der Waals surface area contributed by atoms with Crippen LogP contribution < -0.4 is 5.32 Å². The molecule has 1 aromatic heterocycles. The van der Waals surface area contributed by atoms with E-state index in [2.05, 4.69) is 15.5 Å². The van der Waals surface area contributed by atoms with Crippen LogP contribution in [0.1, 0.15) is 43.0 Å². The Morgan fingerprint density at radius 1 is 0.933 bits per heavy atom. The first-order chi connectivity index (χ1) is 14.6. The molecule has 0 spiro atoms. The number of hydrogen-bond donors (Lipinski definition) is 1. The average molecular weight is 427 g/mol. The zero-order chi connectivity index (χ0) is 20.8. The maximum atomic E-state index is 12.9. The molecule has 4 rings (SSSR count). The molecule has 1 N–H and O–H groups in total. The number of nitrogens with one attached hydrogen (secondary N) is 1. The number of rotatable bonds is 7. The van der Waals surface area contributed by atoms with Crippen LogP contribution in [0.15, 0.2) is 64.0 Å². The highest BCUT2D eigenvalue weighted by molar-refractivity contribution is 7.89. The van der Waals surface area contributed by atoms with Crippen LogP contribution in [0.2, 0.25) is 0 Å². The fourth-order valence-corrected chi connectivity index (χ4v) is 5.08. The molecule has 8 heteroatoms. The Labute approximate surface area is 177 Å². The smallest absolute Gasteiger partial charge is 0.245 e. The molecule has 1 fully saturated rings. The fourth-order valence-electron chi connectivity index (χ4n) is 3.57. The third-order valence-electron chi connectivity index (χ3n) is 5.22. The second-order valence-corrected chi connectivity index (χ2v) is 9.40. The maximum absolute atomic E-state index is 12.9. The van der Waals surface area contributed by atoms with Crippen LogP contribution in [0.5, 0.6) is 0 Å². The molecule has 158 valence electrons. The lowest BCUT2D eigenvalue weighted by molar-refractivity contribution is 0.378. The Balaban J connectivity index is 1.35. The van der Waals surface area contributed by atoms with Crippen LogP contribution in [0.4, 0.5) is 5.69 Å². The molecule has 2 aromatic carbocycles. The summed E-state index contributed by atoms with van der Waals surface area (Å²) >= 11 is 0. The third-order valence-corrected chi connectivity index (χ3v) is 7.13. The first-order valence-electron chi connectivity index (χ1n) is 10.3. The number of anilines is 1. The molecule has 0 amide bonds. The molecule has 0 unspecified atom stereocenters. The van der Waals surface area contributed by atoms with Crippen LogP contribution in [0.25, 0.3) is 0 Å². The average Bonchev–Trinajstić information content (AvgIpc) is 3.02. The second-order valence-electron chi connectivity index (χ2n) is 7.46. The van der Waals surface area contributed by atoms with Crippen molar-refractivity contribution in [1.29, 1.82) is 0 Å². The van der Waals surface area contributed by atoms with Gasteiger partial charge in [-0.05, 0) is 42.7 Å². The lowest BCUT2D eigenvalue weighted by Crippen LogP contribution is -2.31. The Hall–Kier alpha value is -2.71. The minimum atomic E-state index is -3.43. The molecule has 1 saturated heterocycles. The molecular formula is C22H26N4O3S. The zero-order valence-corrected chi connectivity index (χ0v) is 17.6. The lowest BCUT2D eigenvalue weighted by atomic mass is 10.1. The van der Waals surface area contributed by atoms with Gasteiger partial charge in [0.15, 0.2) is 5.82 Å². The zero-order valence-electron chi connectivity index (χ0n) is 16.8. The van der Waals surface area contributed by atoms with Gasteiger partial charge in [0.05, 0.1) is 11.4 Å². The second kappa shape index (κ2) is 9.40. The van der Waals surface area contributed by atoms with E-state index in [1.54, 1.807) is 28.6 Å². The van der Waals surface area contributed by atoms with Crippen molar-refractivity contribution in [1.82, 2.24) is 14.4 Å². The molecule has 0 aliphatic carbocycles. The number of nitrogens with zero attached hydrogens (tertiary/aromatic N) is 3. The van der Waals surface area contributed by atoms with Crippen molar-refractivity contribution >= 4 is 15.7 Å². The number of aromatic nitrogens is 2. The van der Waals surface area contributed by atoms with Crippen molar-refractivity contribution in [3.8, 4) is 0 Å². The minimum Gasteiger partial charge on any atom is -0.376 e. The van der Waals surface area contributed by atoms with Crippen LogP contribution in [-0.4, -0.2) is 36.0 Å². The summed E-state index contributed by atoms with van der Waals surface area (Å²) in [6.07, 6.45) is 4.66. The summed E-state index contributed by atoms with van der Waals surface area (Å²) in [5, 5.41) is 7.22. The first kappa shape index (κ1) is 20.6. The summed E-state index contributed by atoms with van der Waals surface area (Å²) in [5.74, 6) is 1.12. The topological polar surface area (TPSA) is 88.3 Å². The Morgan fingerprint density at radius 3 is 2.33 bits per heavy atom. The molecular weight excluding hydrogens is 400 g/mol. The summed E-state index contributed by atoms with van der Waals surface area (Å²) in [5.41, 5.74) is 1.92. The monoisotopic (exact) mass is 426 g/mol. The summed E-state index contributed by atoms with van der Waals surface area (Å²) in [4.78, 5) is 4.74. The minimum absolute atomic E-state index is 0.331. The summed E-state index contributed by atoms with van der Waals surface area (Å²) in [6.45, 7) is 1.58. The Bertz CT molecular complexity index is 1040. The van der Waals surface area contributed by atoms with Crippen LogP contribution in [0, 0.1) is 0 Å². The summed E-state index contributed by atoms with van der Waals surface area (Å²) in [6, 6.07) is 16.8. The van der Waals surface area contributed by atoms with Gasteiger partial charge in [-0.2, -0.15) is 9.29 Å². The van der Waals surface area contributed by atoms with E-state index in [-0.39, 0.29) is 0 Å². The standard InChI is InChI=1S/C22H26N4O3S/c27-30(28,26-14-6-1-2-7-15-26)20-12-10-19(11-13-20)23-17-22-24-21(25-29-22)16-18-8-4-3-5-9-18/h3-5,8-13,23H,1-2,6-7,14-17H2. The van der Waals surface area contributed by atoms with E-state index in [0.717, 1.165) is 36.9 Å². The predicted octanol–water partition coefficient (Wildman–Crippen LogP) is 3.84. The van der Waals surface area contributed by atoms with Crippen LogP contribution in [-0.2, 0) is 23.0 Å². The van der Waals surface area contributed by atoms with Crippen molar-refractivity contribution in [2.75, 3.05) is 18.4 Å².